The molecule has 8 heteroatoms. The molecule has 0 radical (unpaired) electrons. The third kappa shape index (κ3) is 4.61. The third-order valence-electron chi connectivity index (χ3n) is 6.59. The highest BCUT2D eigenvalue weighted by Crippen LogP contribution is 2.29. The number of rotatable bonds is 5. The lowest BCUT2D eigenvalue weighted by molar-refractivity contribution is 0.313. The number of piperazine rings is 1. The molecule has 180 valence electrons. The summed E-state index contributed by atoms with van der Waals surface area (Å²) in [6, 6.07) is 19.2. The van der Waals surface area contributed by atoms with E-state index >= 15 is 0 Å². The Hall–Kier alpha value is -3.42. The van der Waals surface area contributed by atoms with E-state index in [1.54, 1.807) is 34.9 Å². The number of likely N-dealkylation sites (N-methyl/N-ethyl adjacent to an activating group) is 1. The second-order valence-corrected chi connectivity index (χ2v) is 9.38. The molecule has 4 aromatic rings. The van der Waals surface area contributed by atoms with Gasteiger partial charge in [0.1, 0.15) is 5.82 Å². The molecular formula is C27H26ClFN4O2. The van der Waals surface area contributed by atoms with E-state index in [1.807, 2.05) is 30.3 Å². The molecule has 1 fully saturated rings. The van der Waals surface area contributed by atoms with Crippen LogP contribution in [0.2, 0.25) is 5.02 Å². The summed E-state index contributed by atoms with van der Waals surface area (Å²) >= 11 is 6.53. The second-order valence-electron chi connectivity index (χ2n) is 8.95. The monoisotopic (exact) mass is 492 g/mol. The Kier molecular flexibility index (Phi) is 6.45. The summed E-state index contributed by atoms with van der Waals surface area (Å²) in [4.78, 5) is 31.9. The standard InChI is InChI=1S/C27H26ClFN4O2/c1-30-11-13-31(14-12-30)23-15-21(28)16-24-25(23)26(34)33(18-20-9-5-6-10-22(20)29)27(35)32(24)17-19-7-3-2-4-8-19/h2-10,15-16H,11-14,17-18H2,1H3. The van der Waals surface area contributed by atoms with Crippen molar-refractivity contribution in [3.63, 3.8) is 0 Å². The maximum Gasteiger partial charge on any atom is 0.332 e. The van der Waals surface area contributed by atoms with Crippen LogP contribution in [-0.2, 0) is 13.1 Å². The number of anilines is 1. The van der Waals surface area contributed by atoms with E-state index in [0.717, 1.165) is 36.3 Å². The largest absolute Gasteiger partial charge is 0.368 e. The van der Waals surface area contributed by atoms with Crippen LogP contribution in [0, 0.1) is 5.82 Å². The summed E-state index contributed by atoms with van der Waals surface area (Å²) < 4.78 is 17.2. The first kappa shape index (κ1) is 23.3. The van der Waals surface area contributed by atoms with Crippen molar-refractivity contribution in [1.82, 2.24) is 14.0 Å². The molecule has 3 aromatic carbocycles. The van der Waals surface area contributed by atoms with Crippen LogP contribution in [0.5, 0.6) is 0 Å². The Morgan fingerprint density at radius 1 is 0.857 bits per heavy atom. The molecule has 2 heterocycles. The van der Waals surface area contributed by atoms with Crippen LogP contribution in [0.25, 0.3) is 10.9 Å². The Balaban J connectivity index is 1.77. The first-order valence-electron chi connectivity index (χ1n) is 11.6. The minimum atomic E-state index is -0.499. The summed E-state index contributed by atoms with van der Waals surface area (Å²) in [6.07, 6.45) is 0. The first-order valence-corrected chi connectivity index (χ1v) is 12.0. The minimum absolute atomic E-state index is 0.153. The minimum Gasteiger partial charge on any atom is -0.368 e. The van der Waals surface area contributed by atoms with Gasteiger partial charge in [0.05, 0.1) is 29.7 Å². The van der Waals surface area contributed by atoms with Gasteiger partial charge in [-0.2, -0.15) is 0 Å². The van der Waals surface area contributed by atoms with E-state index in [2.05, 4.69) is 16.8 Å². The third-order valence-corrected chi connectivity index (χ3v) is 6.81. The molecule has 0 amide bonds. The van der Waals surface area contributed by atoms with E-state index in [1.165, 1.54) is 6.07 Å². The van der Waals surface area contributed by atoms with Crippen LogP contribution in [0.3, 0.4) is 0 Å². The quantitative estimate of drug-likeness (QED) is 0.425. The number of nitrogens with zero attached hydrogens (tertiary/aromatic N) is 4. The van der Waals surface area contributed by atoms with Crippen molar-refractivity contribution in [2.24, 2.45) is 0 Å². The van der Waals surface area contributed by atoms with Gasteiger partial charge in [-0.25, -0.2) is 9.18 Å². The number of fused-ring (bicyclic) bond motifs is 1. The molecule has 0 atom stereocenters. The number of halogens is 2. The average molecular weight is 493 g/mol. The molecular weight excluding hydrogens is 467 g/mol. The Morgan fingerprint density at radius 2 is 1.54 bits per heavy atom. The highest BCUT2D eigenvalue weighted by atomic mass is 35.5. The van der Waals surface area contributed by atoms with E-state index in [-0.39, 0.29) is 18.7 Å². The number of benzene rings is 3. The van der Waals surface area contributed by atoms with Gasteiger partial charge >= 0.3 is 5.69 Å². The van der Waals surface area contributed by atoms with E-state index < -0.39 is 17.1 Å². The van der Waals surface area contributed by atoms with Crippen molar-refractivity contribution in [2.45, 2.75) is 13.1 Å². The van der Waals surface area contributed by atoms with Crippen molar-refractivity contribution in [2.75, 3.05) is 38.1 Å². The molecule has 0 bridgehead atoms. The van der Waals surface area contributed by atoms with Gasteiger partial charge in [0.2, 0.25) is 0 Å². The zero-order valence-corrected chi connectivity index (χ0v) is 20.2. The lowest BCUT2D eigenvalue weighted by Crippen LogP contribution is -2.46. The predicted molar refractivity (Wildman–Crippen MR) is 138 cm³/mol. The molecule has 1 aliphatic rings. The van der Waals surface area contributed by atoms with Crippen molar-refractivity contribution >= 4 is 28.2 Å². The van der Waals surface area contributed by atoms with E-state index in [4.69, 9.17) is 11.6 Å². The van der Waals surface area contributed by atoms with Gasteiger partial charge in [-0.3, -0.25) is 13.9 Å². The molecule has 0 unspecified atom stereocenters. The molecule has 0 spiro atoms. The van der Waals surface area contributed by atoms with Crippen molar-refractivity contribution in [3.8, 4) is 0 Å². The zero-order valence-electron chi connectivity index (χ0n) is 19.5. The van der Waals surface area contributed by atoms with Crippen molar-refractivity contribution in [3.05, 3.63) is 110 Å². The SMILES string of the molecule is CN1CCN(c2cc(Cl)cc3c2c(=O)n(Cc2ccccc2F)c(=O)n3Cc2ccccc2)CC1. The van der Waals surface area contributed by atoms with E-state index in [9.17, 15) is 14.0 Å². The van der Waals surface area contributed by atoms with Crippen LogP contribution >= 0.6 is 11.6 Å². The van der Waals surface area contributed by atoms with Crippen LogP contribution in [0.15, 0.2) is 76.3 Å². The molecule has 1 aliphatic heterocycles. The summed E-state index contributed by atoms with van der Waals surface area (Å²) in [7, 11) is 2.06. The fraction of sp³-hybridized carbons (Fsp3) is 0.259. The van der Waals surface area contributed by atoms with Gasteiger partial charge in [0.15, 0.2) is 0 Å². The van der Waals surface area contributed by atoms with E-state index in [0.29, 0.717) is 21.6 Å². The fourth-order valence-electron chi connectivity index (χ4n) is 4.63. The smallest absolute Gasteiger partial charge is 0.332 e. The summed E-state index contributed by atoms with van der Waals surface area (Å²) in [5, 5.41) is 0.879. The summed E-state index contributed by atoms with van der Waals surface area (Å²) in [6.45, 7) is 3.27. The molecule has 35 heavy (non-hydrogen) atoms. The van der Waals surface area contributed by atoms with Gasteiger partial charge in [0, 0.05) is 36.8 Å². The first-order chi connectivity index (χ1) is 16.9. The van der Waals surface area contributed by atoms with Gasteiger partial charge in [0.25, 0.3) is 5.56 Å². The molecule has 0 aliphatic carbocycles. The lowest BCUT2D eigenvalue weighted by atomic mass is 10.1. The van der Waals surface area contributed by atoms with Gasteiger partial charge in [-0.15, -0.1) is 0 Å². The van der Waals surface area contributed by atoms with Crippen LogP contribution in [0.4, 0.5) is 10.1 Å². The van der Waals surface area contributed by atoms with Crippen molar-refractivity contribution < 1.29 is 4.39 Å². The van der Waals surface area contributed by atoms with Crippen LogP contribution in [0.1, 0.15) is 11.1 Å². The van der Waals surface area contributed by atoms with Gasteiger partial charge in [-0.1, -0.05) is 60.1 Å². The maximum absolute atomic E-state index is 14.5. The normalized spacial score (nSPS) is 14.5. The second kappa shape index (κ2) is 9.68. The Morgan fingerprint density at radius 3 is 2.26 bits per heavy atom. The summed E-state index contributed by atoms with van der Waals surface area (Å²) in [5.41, 5.74) is 1.44. The average Bonchev–Trinajstić information content (AvgIpc) is 2.86. The molecule has 1 aromatic heterocycles. The molecule has 5 rings (SSSR count). The van der Waals surface area contributed by atoms with Gasteiger partial charge in [-0.05, 0) is 30.8 Å². The number of hydrogen-bond donors (Lipinski definition) is 0. The zero-order chi connectivity index (χ0) is 24.5. The number of aromatic nitrogens is 2. The Labute approximate surface area is 207 Å². The lowest BCUT2D eigenvalue weighted by Gasteiger charge is -2.34. The van der Waals surface area contributed by atoms with Crippen molar-refractivity contribution in [1.29, 1.82) is 0 Å². The topological polar surface area (TPSA) is 50.5 Å². The van der Waals surface area contributed by atoms with Crippen LogP contribution < -0.4 is 16.1 Å². The van der Waals surface area contributed by atoms with Crippen LogP contribution in [-0.4, -0.2) is 47.3 Å². The highest BCUT2D eigenvalue weighted by Gasteiger charge is 2.23. The Bertz CT molecular complexity index is 1490. The maximum atomic E-state index is 14.5. The fourth-order valence-corrected chi connectivity index (χ4v) is 4.84. The highest BCUT2D eigenvalue weighted by molar-refractivity contribution is 6.31. The van der Waals surface area contributed by atoms with Gasteiger partial charge < -0.3 is 9.80 Å². The molecule has 0 N–H and O–H groups in total. The molecule has 0 saturated carbocycles. The number of hydrogen-bond acceptors (Lipinski definition) is 4. The predicted octanol–water partition coefficient (Wildman–Crippen LogP) is 3.80. The summed E-state index contributed by atoms with van der Waals surface area (Å²) in [5.74, 6) is -0.455. The molecule has 6 nitrogen and oxygen atoms in total. The molecule has 1 saturated heterocycles.